The lowest BCUT2D eigenvalue weighted by molar-refractivity contribution is 0.0609. The number of rotatable bonds is 5. The van der Waals surface area contributed by atoms with E-state index in [1.54, 1.807) is 19.1 Å². The Morgan fingerprint density at radius 3 is 2.82 bits per heavy atom. The number of methoxy groups -OCH3 is 1. The molecule has 0 saturated carbocycles. The average Bonchev–Trinajstić information content (AvgIpc) is 2.30. The number of nitrogens with one attached hydrogen (secondary N) is 1. The van der Waals surface area contributed by atoms with Gasteiger partial charge in [-0.1, -0.05) is 6.07 Å². The van der Waals surface area contributed by atoms with Crippen LogP contribution in [0, 0.1) is 6.92 Å². The van der Waals surface area contributed by atoms with Crippen molar-refractivity contribution in [3.05, 3.63) is 29.3 Å². The Kier molecular flexibility index (Phi) is 4.93. The van der Waals surface area contributed by atoms with Crippen molar-refractivity contribution in [2.24, 2.45) is 0 Å². The number of benzene rings is 1. The van der Waals surface area contributed by atoms with Gasteiger partial charge >= 0.3 is 0 Å². The van der Waals surface area contributed by atoms with Gasteiger partial charge in [-0.15, -0.1) is 0 Å². The van der Waals surface area contributed by atoms with Gasteiger partial charge in [-0.05, 0) is 24.6 Å². The number of aliphatic hydroxyl groups is 1. The Morgan fingerprint density at radius 2 is 2.24 bits per heavy atom. The number of phenols is 1. The summed E-state index contributed by atoms with van der Waals surface area (Å²) in [7, 11) is 1.48. The van der Waals surface area contributed by atoms with Crippen molar-refractivity contribution >= 4 is 5.91 Å². The molecule has 0 spiro atoms. The second-order valence-electron chi connectivity index (χ2n) is 3.82. The zero-order valence-corrected chi connectivity index (χ0v) is 9.93. The number of aromatic hydroxyl groups is 1. The number of carbonyl (C=O) groups excluding carboxylic acids is 1. The summed E-state index contributed by atoms with van der Waals surface area (Å²) in [5.41, 5.74) is 1.07. The fourth-order valence-corrected chi connectivity index (χ4v) is 1.31. The molecule has 3 N–H and O–H groups in total. The average molecular weight is 239 g/mol. The largest absolute Gasteiger partial charge is 0.508 e. The van der Waals surface area contributed by atoms with Crippen LogP contribution in [-0.4, -0.2) is 42.5 Å². The van der Waals surface area contributed by atoms with Gasteiger partial charge in [0.05, 0.1) is 12.7 Å². The standard InChI is InChI=1S/C12H17NO4/c1-8-3-4-9(5-11(8)15)12(16)13-6-10(14)7-17-2/h3-5,10,14-15H,6-7H2,1-2H3,(H,13,16). The molecule has 1 aromatic rings. The van der Waals surface area contributed by atoms with Crippen LogP contribution in [-0.2, 0) is 4.74 Å². The van der Waals surface area contributed by atoms with E-state index in [9.17, 15) is 15.0 Å². The van der Waals surface area contributed by atoms with Gasteiger partial charge in [0, 0.05) is 19.2 Å². The molecule has 1 atom stereocenters. The number of aliphatic hydroxyl groups excluding tert-OH is 1. The van der Waals surface area contributed by atoms with Crippen molar-refractivity contribution in [1.82, 2.24) is 5.32 Å². The lowest BCUT2D eigenvalue weighted by atomic mass is 10.1. The topological polar surface area (TPSA) is 78.8 Å². The minimum absolute atomic E-state index is 0.0788. The summed E-state index contributed by atoms with van der Waals surface area (Å²) < 4.78 is 4.74. The van der Waals surface area contributed by atoms with E-state index < -0.39 is 6.10 Å². The summed E-state index contributed by atoms with van der Waals surface area (Å²) in [5.74, 6) is -0.259. The molecule has 5 nitrogen and oxygen atoms in total. The van der Waals surface area contributed by atoms with Crippen LogP contribution >= 0.6 is 0 Å². The molecule has 0 aliphatic heterocycles. The molecule has 1 rings (SSSR count). The first-order chi connectivity index (χ1) is 8.04. The van der Waals surface area contributed by atoms with Gasteiger partial charge in [0.25, 0.3) is 5.91 Å². The van der Waals surface area contributed by atoms with Crippen molar-refractivity contribution < 1.29 is 19.7 Å². The SMILES string of the molecule is COCC(O)CNC(=O)c1ccc(C)c(O)c1. The van der Waals surface area contributed by atoms with E-state index in [-0.39, 0.29) is 24.8 Å². The smallest absolute Gasteiger partial charge is 0.251 e. The van der Waals surface area contributed by atoms with Gasteiger partial charge in [-0.3, -0.25) is 4.79 Å². The first-order valence-corrected chi connectivity index (χ1v) is 5.29. The molecule has 0 aliphatic carbocycles. The highest BCUT2D eigenvalue weighted by Gasteiger charge is 2.09. The summed E-state index contributed by atoms with van der Waals surface area (Å²) in [6.07, 6.45) is -0.733. The fourth-order valence-electron chi connectivity index (χ4n) is 1.31. The summed E-state index contributed by atoms with van der Waals surface area (Å²) >= 11 is 0. The lowest BCUT2D eigenvalue weighted by Crippen LogP contribution is -2.34. The number of ether oxygens (including phenoxy) is 1. The van der Waals surface area contributed by atoms with E-state index in [1.807, 2.05) is 0 Å². The number of aryl methyl sites for hydroxylation is 1. The summed E-state index contributed by atoms with van der Waals surface area (Å²) in [6, 6.07) is 4.68. The van der Waals surface area contributed by atoms with Gasteiger partial charge < -0.3 is 20.3 Å². The molecule has 1 amide bonds. The van der Waals surface area contributed by atoms with Crippen LogP contribution in [0.4, 0.5) is 0 Å². The fraction of sp³-hybridized carbons (Fsp3) is 0.417. The minimum Gasteiger partial charge on any atom is -0.508 e. The highest BCUT2D eigenvalue weighted by Crippen LogP contribution is 2.17. The van der Waals surface area contributed by atoms with E-state index in [1.165, 1.54) is 13.2 Å². The molecule has 0 radical (unpaired) electrons. The van der Waals surface area contributed by atoms with E-state index >= 15 is 0 Å². The third-order valence-corrected chi connectivity index (χ3v) is 2.33. The Labute approximate surface area is 100 Å². The maximum Gasteiger partial charge on any atom is 0.251 e. The van der Waals surface area contributed by atoms with Crippen LogP contribution in [0.3, 0.4) is 0 Å². The maximum atomic E-state index is 11.6. The summed E-state index contributed by atoms with van der Waals surface area (Å²) in [5, 5.41) is 21.4. The first kappa shape index (κ1) is 13.5. The van der Waals surface area contributed by atoms with E-state index in [0.29, 0.717) is 11.1 Å². The molecule has 5 heteroatoms. The minimum atomic E-state index is -0.733. The van der Waals surface area contributed by atoms with Crippen molar-refractivity contribution in [1.29, 1.82) is 0 Å². The van der Waals surface area contributed by atoms with Crippen molar-refractivity contribution in [3.8, 4) is 5.75 Å². The van der Waals surface area contributed by atoms with E-state index in [0.717, 1.165) is 0 Å². The Balaban J connectivity index is 2.55. The zero-order valence-electron chi connectivity index (χ0n) is 9.93. The van der Waals surface area contributed by atoms with Gasteiger partial charge in [0.15, 0.2) is 0 Å². The molecule has 17 heavy (non-hydrogen) atoms. The molecule has 0 aromatic heterocycles. The van der Waals surface area contributed by atoms with Crippen LogP contribution in [0.2, 0.25) is 0 Å². The Hall–Kier alpha value is -1.59. The predicted octanol–water partition coefficient (Wildman–Crippen LogP) is 0.438. The second kappa shape index (κ2) is 6.22. The molecule has 0 aliphatic rings. The van der Waals surface area contributed by atoms with Crippen LogP contribution in [0.25, 0.3) is 0 Å². The van der Waals surface area contributed by atoms with Crippen LogP contribution in [0.15, 0.2) is 18.2 Å². The molecule has 0 fully saturated rings. The molecule has 94 valence electrons. The second-order valence-corrected chi connectivity index (χ2v) is 3.82. The van der Waals surface area contributed by atoms with Crippen molar-refractivity contribution in [3.63, 3.8) is 0 Å². The van der Waals surface area contributed by atoms with Gasteiger partial charge in [-0.2, -0.15) is 0 Å². The van der Waals surface area contributed by atoms with Gasteiger partial charge in [0.2, 0.25) is 0 Å². The van der Waals surface area contributed by atoms with Crippen molar-refractivity contribution in [2.45, 2.75) is 13.0 Å². The number of phenolic OH excluding ortho intramolecular Hbond substituents is 1. The highest BCUT2D eigenvalue weighted by molar-refractivity contribution is 5.94. The quantitative estimate of drug-likeness (QED) is 0.696. The van der Waals surface area contributed by atoms with E-state index in [4.69, 9.17) is 4.74 Å². The van der Waals surface area contributed by atoms with Crippen LogP contribution in [0.1, 0.15) is 15.9 Å². The summed E-state index contributed by atoms with van der Waals surface area (Å²) in [4.78, 5) is 11.6. The van der Waals surface area contributed by atoms with Crippen molar-refractivity contribution in [2.75, 3.05) is 20.3 Å². The molecule has 1 aromatic carbocycles. The van der Waals surface area contributed by atoms with Crippen LogP contribution in [0.5, 0.6) is 5.75 Å². The Morgan fingerprint density at radius 1 is 1.53 bits per heavy atom. The first-order valence-electron chi connectivity index (χ1n) is 5.29. The molecular formula is C12H17NO4. The zero-order chi connectivity index (χ0) is 12.8. The third kappa shape index (κ3) is 4.05. The number of hydrogen-bond donors (Lipinski definition) is 3. The number of carbonyl (C=O) groups is 1. The Bertz CT molecular complexity index is 392. The third-order valence-electron chi connectivity index (χ3n) is 2.33. The normalized spacial score (nSPS) is 12.2. The molecule has 0 bridgehead atoms. The molecule has 1 unspecified atom stereocenters. The highest BCUT2D eigenvalue weighted by atomic mass is 16.5. The van der Waals surface area contributed by atoms with E-state index in [2.05, 4.69) is 5.32 Å². The van der Waals surface area contributed by atoms with Crippen LogP contribution < -0.4 is 5.32 Å². The molecule has 0 heterocycles. The lowest BCUT2D eigenvalue weighted by Gasteiger charge is -2.11. The van der Waals surface area contributed by atoms with Gasteiger partial charge in [0.1, 0.15) is 5.75 Å². The van der Waals surface area contributed by atoms with Gasteiger partial charge in [-0.25, -0.2) is 0 Å². The number of amides is 1. The number of hydrogen-bond acceptors (Lipinski definition) is 4. The molecular weight excluding hydrogens is 222 g/mol. The molecule has 0 saturated heterocycles. The summed E-state index contributed by atoms with van der Waals surface area (Å²) in [6.45, 7) is 2.03. The monoisotopic (exact) mass is 239 g/mol. The maximum absolute atomic E-state index is 11.6. The predicted molar refractivity (Wildman–Crippen MR) is 63.1 cm³/mol.